The number of halogens is 1. The van der Waals surface area contributed by atoms with Crippen LogP contribution in [0.1, 0.15) is 50.5 Å². The predicted molar refractivity (Wildman–Crippen MR) is 95.8 cm³/mol. The van der Waals surface area contributed by atoms with Crippen LogP contribution in [0, 0.1) is 23.1 Å². The van der Waals surface area contributed by atoms with E-state index in [-0.39, 0.29) is 11.7 Å². The van der Waals surface area contributed by atoms with Crippen molar-refractivity contribution in [1.82, 2.24) is 4.90 Å². The molecule has 2 fully saturated rings. The zero-order chi connectivity index (χ0) is 17.6. The van der Waals surface area contributed by atoms with E-state index in [1.165, 1.54) is 44.2 Å². The fraction of sp³-hybridized carbons (Fsp3) is 0.650. The van der Waals surface area contributed by atoms with Crippen LogP contribution in [0.2, 0.25) is 0 Å². The average molecular weight is 345 g/mol. The molecule has 136 valence electrons. The Morgan fingerprint density at radius 2 is 1.88 bits per heavy atom. The SMILES string of the molecule is N#Cc1cc(F)ccc1OC1CCN(CCC2CCC(N)CC2)CC1. The largest absolute Gasteiger partial charge is 0.489 e. The van der Waals surface area contributed by atoms with Crippen LogP contribution >= 0.6 is 0 Å². The van der Waals surface area contributed by atoms with Gasteiger partial charge in [-0.2, -0.15) is 5.26 Å². The Morgan fingerprint density at radius 3 is 2.56 bits per heavy atom. The zero-order valence-corrected chi connectivity index (χ0v) is 14.8. The molecular formula is C20H28FN3O. The lowest BCUT2D eigenvalue weighted by atomic mass is 9.84. The fourth-order valence-corrected chi connectivity index (χ4v) is 3.96. The van der Waals surface area contributed by atoms with Crippen molar-refractivity contribution in [3.63, 3.8) is 0 Å². The maximum absolute atomic E-state index is 13.2. The summed E-state index contributed by atoms with van der Waals surface area (Å²) >= 11 is 0. The smallest absolute Gasteiger partial charge is 0.137 e. The Hall–Kier alpha value is -1.64. The summed E-state index contributed by atoms with van der Waals surface area (Å²) in [6, 6.07) is 6.58. The molecule has 25 heavy (non-hydrogen) atoms. The Morgan fingerprint density at radius 1 is 1.16 bits per heavy atom. The molecule has 0 radical (unpaired) electrons. The third kappa shape index (κ3) is 5.17. The Kier molecular flexibility index (Phi) is 6.28. The van der Waals surface area contributed by atoms with Gasteiger partial charge >= 0.3 is 0 Å². The molecule has 1 saturated heterocycles. The van der Waals surface area contributed by atoms with Gasteiger partial charge in [0.2, 0.25) is 0 Å². The van der Waals surface area contributed by atoms with Gasteiger partial charge in [-0.25, -0.2) is 4.39 Å². The average Bonchev–Trinajstić information content (AvgIpc) is 2.64. The highest BCUT2D eigenvalue weighted by Crippen LogP contribution is 2.27. The first-order valence-corrected chi connectivity index (χ1v) is 9.48. The van der Waals surface area contributed by atoms with Gasteiger partial charge in [0.05, 0.1) is 5.56 Å². The second-order valence-electron chi connectivity index (χ2n) is 7.48. The van der Waals surface area contributed by atoms with Crippen molar-refractivity contribution >= 4 is 0 Å². The predicted octanol–water partition coefficient (Wildman–Crippen LogP) is 3.45. The van der Waals surface area contributed by atoms with Gasteiger partial charge in [0.15, 0.2) is 0 Å². The van der Waals surface area contributed by atoms with Crippen molar-refractivity contribution in [3.05, 3.63) is 29.6 Å². The van der Waals surface area contributed by atoms with E-state index in [4.69, 9.17) is 15.7 Å². The molecular weight excluding hydrogens is 317 g/mol. The molecule has 2 N–H and O–H groups in total. The first-order chi connectivity index (χ1) is 12.1. The van der Waals surface area contributed by atoms with Crippen LogP contribution in [0.3, 0.4) is 0 Å². The third-order valence-corrected chi connectivity index (χ3v) is 5.64. The number of hydrogen-bond donors (Lipinski definition) is 1. The van der Waals surface area contributed by atoms with Crippen molar-refractivity contribution < 1.29 is 9.13 Å². The molecule has 2 aliphatic rings. The van der Waals surface area contributed by atoms with E-state index < -0.39 is 5.82 Å². The van der Waals surface area contributed by atoms with E-state index in [0.29, 0.717) is 11.8 Å². The number of nitrogens with two attached hydrogens (primary N) is 1. The van der Waals surface area contributed by atoms with Gasteiger partial charge in [0.1, 0.15) is 23.7 Å². The van der Waals surface area contributed by atoms with Crippen LogP contribution in [0.15, 0.2) is 18.2 Å². The number of rotatable bonds is 5. The summed E-state index contributed by atoms with van der Waals surface area (Å²) < 4.78 is 19.2. The molecule has 1 heterocycles. The van der Waals surface area contributed by atoms with Crippen molar-refractivity contribution in [1.29, 1.82) is 5.26 Å². The van der Waals surface area contributed by atoms with Gasteiger partial charge in [-0.05, 0) is 75.6 Å². The van der Waals surface area contributed by atoms with Crippen LogP contribution in [0.5, 0.6) is 5.75 Å². The summed E-state index contributed by atoms with van der Waals surface area (Å²) in [5, 5.41) is 9.11. The van der Waals surface area contributed by atoms with E-state index in [1.807, 2.05) is 6.07 Å². The van der Waals surface area contributed by atoms with Crippen molar-refractivity contribution in [2.24, 2.45) is 11.7 Å². The van der Waals surface area contributed by atoms with Crippen molar-refractivity contribution in [2.45, 2.75) is 57.1 Å². The Labute approximate surface area is 149 Å². The number of nitrogens with zero attached hydrogens (tertiary/aromatic N) is 2. The maximum atomic E-state index is 13.2. The number of nitriles is 1. The van der Waals surface area contributed by atoms with Crippen molar-refractivity contribution in [3.8, 4) is 11.8 Å². The molecule has 0 spiro atoms. The summed E-state index contributed by atoms with van der Waals surface area (Å²) in [5.74, 6) is 0.939. The Balaban J connectivity index is 1.41. The zero-order valence-electron chi connectivity index (χ0n) is 14.8. The lowest BCUT2D eigenvalue weighted by molar-refractivity contribution is 0.0950. The quantitative estimate of drug-likeness (QED) is 0.888. The Bertz CT molecular complexity index is 599. The molecule has 1 aliphatic carbocycles. The number of hydrogen-bond acceptors (Lipinski definition) is 4. The van der Waals surface area contributed by atoms with Crippen LogP contribution in [-0.4, -0.2) is 36.7 Å². The molecule has 0 bridgehead atoms. The molecule has 4 nitrogen and oxygen atoms in total. The first kappa shape index (κ1) is 18.2. The maximum Gasteiger partial charge on any atom is 0.137 e. The molecule has 0 amide bonds. The lowest BCUT2D eigenvalue weighted by Crippen LogP contribution is -2.39. The lowest BCUT2D eigenvalue weighted by Gasteiger charge is -2.34. The molecule has 0 atom stereocenters. The minimum atomic E-state index is -0.401. The molecule has 1 aromatic rings. The normalized spacial score (nSPS) is 25.5. The van der Waals surface area contributed by atoms with Crippen LogP contribution in [0.25, 0.3) is 0 Å². The summed E-state index contributed by atoms with van der Waals surface area (Å²) in [6.07, 6.45) is 8.22. The number of benzene rings is 1. The van der Waals surface area contributed by atoms with E-state index in [2.05, 4.69) is 4.90 Å². The molecule has 5 heteroatoms. The number of likely N-dealkylation sites (tertiary alicyclic amines) is 1. The van der Waals surface area contributed by atoms with Gasteiger partial charge in [0.25, 0.3) is 0 Å². The van der Waals surface area contributed by atoms with Crippen LogP contribution in [0.4, 0.5) is 4.39 Å². The molecule has 1 aromatic carbocycles. The van der Waals surface area contributed by atoms with Crippen molar-refractivity contribution in [2.75, 3.05) is 19.6 Å². The number of piperidine rings is 1. The highest BCUT2D eigenvalue weighted by Gasteiger charge is 2.23. The molecule has 1 aliphatic heterocycles. The number of ether oxygens (including phenoxy) is 1. The monoisotopic (exact) mass is 345 g/mol. The van der Waals surface area contributed by atoms with Gasteiger partial charge in [-0.3, -0.25) is 0 Å². The molecule has 1 saturated carbocycles. The van der Waals surface area contributed by atoms with Gasteiger partial charge < -0.3 is 15.4 Å². The third-order valence-electron chi connectivity index (χ3n) is 5.64. The second kappa shape index (κ2) is 8.64. The summed E-state index contributed by atoms with van der Waals surface area (Å²) in [7, 11) is 0. The minimum Gasteiger partial charge on any atom is -0.489 e. The molecule has 0 aromatic heterocycles. The highest BCUT2D eigenvalue weighted by molar-refractivity contribution is 5.43. The fourth-order valence-electron chi connectivity index (χ4n) is 3.96. The van der Waals surface area contributed by atoms with Gasteiger partial charge in [0, 0.05) is 19.1 Å². The standard InChI is InChI=1S/C20H28FN3O/c21-17-3-6-20(16(13-17)14-22)25-19-8-11-24(12-9-19)10-7-15-1-4-18(23)5-2-15/h3,6,13,15,18-19H,1-2,4-5,7-12,23H2. The topological polar surface area (TPSA) is 62.3 Å². The van der Waals surface area contributed by atoms with Crippen LogP contribution < -0.4 is 10.5 Å². The summed E-state index contributed by atoms with van der Waals surface area (Å²) in [6.45, 7) is 3.21. The summed E-state index contributed by atoms with van der Waals surface area (Å²) in [5.41, 5.74) is 6.25. The van der Waals surface area contributed by atoms with Gasteiger partial charge in [-0.15, -0.1) is 0 Å². The minimum absolute atomic E-state index is 0.112. The van der Waals surface area contributed by atoms with E-state index in [9.17, 15) is 4.39 Å². The summed E-state index contributed by atoms with van der Waals surface area (Å²) in [4.78, 5) is 2.52. The van der Waals surface area contributed by atoms with E-state index in [0.717, 1.165) is 38.4 Å². The van der Waals surface area contributed by atoms with E-state index in [1.54, 1.807) is 6.07 Å². The second-order valence-corrected chi connectivity index (χ2v) is 7.48. The highest BCUT2D eigenvalue weighted by atomic mass is 19.1. The van der Waals surface area contributed by atoms with Crippen LogP contribution in [-0.2, 0) is 0 Å². The first-order valence-electron chi connectivity index (χ1n) is 9.48. The molecule has 3 rings (SSSR count). The van der Waals surface area contributed by atoms with E-state index >= 15 is 0 Å². The van der Waals surface area contributed by atoms with Gasteiger partial charge in [-0.1, -0.05) is 0 Å². The molecule has 0 unspecified atom stereocenters.